The molecule has 5 nitrogen and oxygen atoms in total. The van der Waals surface area contributed by atoms with Gasteiger partial charge in [0.05, 0.1) is 0 Å². The molecule has 0 unspecified atom stereocenters. The summed E-state index contributed by atoms with van der Waals surface area (Å²) in [6, 6.07) is 53.9. The Morgan fingerprint density at radius 1 is 0.478 bits per heavy atom. The number of ether oxygens (including phenoxy) is 1. The van der Waals surface area contributed by atoms with E-state index in [1.807, 2.05) is 12.3 Å². The average molecular weight is 1070 g/mol. The van der Waals surface area contributed by atoms with Crippen LogP contribution in [-0.4, -0.2) is 9.55 Å². The molecule has 1 aliphatic rings. The zero-order valence-corrected chi connectivity index (χ0v) is 44.1. The van der Waals surface area contributed by atoms with E-state index >= 15 is 0 Å². The molecule has 0 radical (unpaired) electrons. The number of fused-ring (bicyclic) bond motifs is 4. The number of hydrogen-bond acceptors (Lipinski definition) is 4. The Balaban J connectivity index is 0.00000608. The number of nitrogens with zero attached hydrogens (tertiary/aromatic N) is 4. The van der Waals surface area contributed by atoms with Gasteiger partial charge in [0.15, 0.2) is 0 Å². The second-order valence-electron chi connectivity index (χ2n) is 22.9. The molecule has 6 aromatic carbocycles. The molecule has 67 heavy (non-hydrogen) atoms. The van der Waals surface area contributed by atoms with Gasteiger partial charge in [-0.2, -0.15) is 6.07 Å². The van der Waals surface area contributed by atoms with Gasteiger partial charge in [0.25, 0.3) is 0 Å². The third kappa shape index (κ3) is 9.21. The van der Waals surface area contributed by atoms with Crippen molar-refractivity contribution in [2.45, 2.75) is 124 Å². The third-order valence-electron chi connectivity index (χ3n) is 13.5. The molecule has 0 aliphatic carbocycles. The Kier molecular flexibility index (Phi) is 12.2. The van der Waals surface area contributed by atoms with Crippen molar-refractivity contribution in [2.75, 3.05) is 9.80 Å². The minimum Gasteiger partial charge on any atom is -0.509 e. The molecule has 0 N–H and O–H groups in total. The molecule has 8 aromatic rings. The quantitative estimate of drug-likeness (QED) is 0.149. The molecule has 0 amide bonds. The molecule has 348 valence electrons. The van der Waals surface area contributed by atoms with Crippen LogP contribution in [0.5, 0.6) is 11.5 Å². The van der Waals surface area contributed by atoms with Crippen LogP contribution in [0.25, 0.3) is 27.6 Å². The predicted molar refractivity (Wildman–Crippen MR) is 278 cm³/mol. The van der Waals surface area contributed by atoms with Crippen molar-refractivity contribution < 1.29 is 25.8 Å². The van der Waals surface area contributed by atoms with Crippen molar-refractivity contribution in [3.8, 4) is 17.3 Å². The first kappa shape index (κ1) is 47.8. The largest absolute Gasteiger partial charge is 0.509 e. The summed E-state index contributed by atoms with van der Waals surface area (Å²) in [5.41, 5.74) is 13.2. The second-order valence-corrected chi connectivity index (χ2v) is 22.9. The molecule has 0 spiro atoms. The summed E-state index contributed by atoms with van der Waals surface area (Å²) in [6.45, 7) is 33.9. The van der Waals surface area contributed by atoms with E-state index in [0.29, 0.717) is 11.5 Å². The van der Waals surface area contributed by atoms with E-state index in [2.05, 4.69) is 251 Å². The molecule has 0 atom stereocenters. The topological polar surface area (TPSA) is 33.5 Å². The molecule has 1 aliphatic heterocycles. The van der Waals surface area contributed by atoms with Gasteiger partial charge < -0.3 is 19.1 Å². The van der Waals surface area contributed by atoms with E-state index in [1.165, 1.54) is 33.2 Å². The first-order chi connectivity index (χ1) is 31.0. The van der Waals surface area contributed by atoms with Crippen molar-refractivity contribution in [3.05, 3.63) is 186 Å². The van der Waals surface area contributed by atoms with Gasteiger partial charge in [-0.1, -0.05) is 163 Å². The van der Waals surface area contributed by atoms with Gasteiger partial charge in [-0.05, 0) is 97.3 Å². The molecular weight excluding hydrogens is 1000 g/mol. The Labute approximate surface area is 414 Å². The van der Waals surface area contributed by atoms with E-state index in [-0.39, 0.29) is 48.1 Å². The molecular formula is C61H65N4OPt-3. The van der Waals surface area contributed by atoms with Crippen LogP contribution in [0.4, 0.5) is 22.7 Å². The van der Waals surface area contributed by atoms with Crippen molar-refractivity contribution in [2.24, 2.45) is 0 Å². The van der Waals surface area contributed by atoms with Gasteiger partial charge >= 0.3 is 0 Å². The number of rotatable bonds is 7. The minimum atomic E-state index is -0.187. The van der Waals surface area contributed by atoms with Crippen LogP contribution in [0.15, 0.2) is 134 Å². The summed E-state index contributed by atoms with van der Waals surface area (Å²) < 4.78 is 9.18. The van der Waals surface area contributed by atoms with Crippen LogP contribution in [0.2, 0.25) is 0 Å². The van der Waals surface area contributed by atoms with Gasteiger partial charge in [0.1, 0.15) is 5.82 Å². The molecule has 3 heterocycles. The molecule has 0 fully saturated rings. The average Bonchev–Trinajstić information content (AvgIpc) is 3.81. The van der Waals surface area contributed by atoms with Crippen LogP contribution < -0.4 is 14.5 Å². The Morgan fingerprint density at radius 2 is 1.12 bits per heavy atom. The van der Waals surface area contributed by atoms with E-state index in [0.717, 1.165) is 50.6 Å². The number of aromatic nitrogens is 2. The molecule has 2 aromatic heterocycles. The van der Waals surface area contributed by atoms with E-state index in [1.54, 1.807) is 0 Å². The maximum Gasteiger partial charge on any atom is 0.135 e. The first-order valence-electron chi connectivity index (χ1n) is 23.4. The Morgan fingerprint density at radius 3 is 1.81 bits per heavy atom. The fraction of sp³-hybridized carbons (Fsp3) is 0.311. The molecule has 6 heteroatoms. The number of hydrogen-bond donors (Lipinski definition) is 0. The van der Waals surface area contributed by atoms with Crippen molar-refractivity contribution in [3.63, 3.8) is 0 Å². The monoisotopic (exact) mass is 1060 g/mol. The molecule has 9 rings (SSSR count). The number of anilines is 4. The maximum absolute atomic E-state index is 6.94. The zero-order chi connectivity index (χ0) is 47.1. The number of pyridine rings is 1. The fourth-order valence-electron chi connectivity index (χ4n) is 9.05. The van der Waals surface area contributed by atoms with Crippen LogP contribution in [0, 0.1) is 18.8 Å². The van der Waals surface area contributed by atoms with Gasteiger partial charge in [-0.15, -0.1) is 53.6 Å². The van der Waals surface area contributed by atoms with Crippen LogP contribution in [0.1, 0.15) is 130 Å². The summed E-state index contributed by atoms with van der Waals surface area (Å²) in [4.78, 5) is 9.56. The summed E-state index contributed by atoms with van der Waals surface area (Å²) >= 11 is 0. The van der Waals surface area contributed by atoms with Crippen LogP contribution in [0.3, 0.4) is 0 Å². The standard InChI is InChI=1S/C61H65N4O.Pt/c1-57(2,3)41-23-27-52-51(34-41)50-26-25-48(38-54(50)65(52)56-36-43(29-30-62-56)59(7,8)9)66-49-33-45(60(10,11)12)32-47(37-49)64-39-63(53-28-24-42(35-55(53)64)58(4,5)6)46-22-18-21-44(31-46)61(13,14)40-19-16-15-17-20-40;/h15-36,39H,1-14H3;/q-3;. The smallest absolute Gasteiger partial charge is 0.135 e. The fourth-order valence-corrected chi connectivity index (χ4v) is 9.05. The van der Waals surface area contributed by atoms with Crippen molar-refractivity contribution in [1.29, 1.82) is 0 Å². The summed E-state index contributed by atoms with van der Waals surface area (Å²) in [7, 11) is 0. The SMILES string of the molecule is CC(C)(C)c1cc(Oc2[c-]c3c(cc2)c2cc(C(C)(C)C)ccc2n3-c2cc(C(C)(C)C)ccn2)[c-]c(N2[CH-]N(c3cccc(C(C)(C)c4ccccc4)c3)c3ccc(C(C)(C)C)cc32)c1.[Pt]. The third-order valence-corrected chi connectivity index (χ3v) is 13.5. The Hall–Kier alpha value is -5.64. The summed E-state index contributed by atoms with van der Waals surface area (Å²) in [5.74, 6) is 2.10. The molecule has 0 bridgehead atoms. The van der Waals surface area contributed by atoms with Gasteiger partial charge in [-0.3, -0.25) is 0 Å². The molecule has 0 saturated carbocycles. The Bertz CT molecular complexity index is 3120. The van der Waals surface area contributed by atoms with Gasteiger partial charge in [-0.25, -0.2) is 4.98 Å². The van der Waals surface area contributed by atoms with Gasteiger partial charge in [0, 0.05) is 66.8 Å². The van der Waals surface area contributed by atoms with E-state index in [9.17, 15) is 0 Å². The van der Waals surface area contributed by atoms with E-state index in [4.69, 9.17) is 9.72 Å². The van der Waals surface area contributed by atoms with Crippen molar-refractivity contribution >= 4 is 44.6 Å². The normalized spacial score (nSPS) is 13.6. The van der Waals surface area contributed by atoms with E-state index < -0.39 is 0 Å². The van der Waals surface area contributed by atoms with Crippen LogP contribution >= 0.6 is 0 Å². The molecule has 0 saturated heterocycles. The van der Waals surface area contributed by atoms with Crippen molar-refractivity contribution in [1.82, 2.24) is 9.55 Å². The minimum absolute atomic E-state index is 0. The summed E-state index contributed by atoms with van der Waals surface area (Å²) in [6.07, 6.45) is 1.92. The summed E-state index contributed by atoms with van der Waals surface area (Å²) in [5, 5.41) is 2.28. The first-order valence-corrected chi connectivity index (χ1v) is 23.4. The zero-order valence-electron chi connectivity index (χ0n) is 41.8. The maximum atomic E-state index is 6.94. The second kappa shape index (κ2) is 17.1. The van der Waals surface area contributed by atoms with Gasteiger partial charge in [0.2, 0.25) is 0 Å². The number of benzene rings is 6. The van der Waals surface area contributed by atoms with Crippen LogP contribution in [-0.2, 0) is 48.1 Å². The predicted octanol–water partition coefficient (Wildman–Crippen LogP) is 16.5.